The van der Waals surface area contributed by atoms with Crippen molar-refractivity contribution in [2.75, 3.05) is 13.2 Å². The van der Waals surface area contributed by atoms with Crippen LogP contribution >= 0.6 is 0 Å². The van der Waals surface area contributed by atoms with E-state index in [9.17, 15) is 4.79 Å². The number of esters is 1. The third-order valence-electron chi connectivity index (χ3n) is 1.44. The molecule has 0 saturated carbocycles. The summed E-state index contributed by atoms with van der Waals surface area (Å²) in [5.41, 5.74) is 3.17. The summed E-state index contributed by atoms with van der Waals surface area (Å²) in [6.07, 6.45) is 4.47. The minimum atomic E-state index is -0.725. The first-order valence-electron chi connectivity index (χ1n) is 4.25. The first kappa shape index (κ1) is 12.5. The summed E-state index contributed by atoms with van der Waals surface area (Å²) in [5.74, 6) is 1.90. The molecule has 0 aliphatic rings. The summed E-state index contributed by atoms with van der Waals surface area (Å²) in [6, 6.07) is 0. The highest BCUT2D eigenvalue weighted by Crippen LogP contribution is 2.05. The van der Waals surface area contributed by atoms with Gasteiger partial charge in [0.15, 0.2) is 6.10 Å². The predicted octanol–water partition coefficient (Wildman–Crippen LogP) is 1.30. The average Bonchev–Trinajstić information content (AvgIpc) is 2.16. The number of carbonyl (C=O) groups excluding carboxylic acids is 1. The van der Waals surface area contributed by atoms with Gasteiger partial charge in [-0.3, -0.25) is 4.79 Å². The molecule has 3 nitrogen and oxygen atoms in total. The first-order valence-corrected chi connectivity index (χ1v) is 4.25. The lowest BCUT2D eigenvalue weighted by Gasteiger charge is -2.12. The van der Waals surface area contributed by atoms with Crippen molar-refractivity contribution in [1.29, 1.82) is 0 Å². The molecule has 0 spiro atoms. The van der Waals surface area contributed by atoms with Crippen LogP contribution in [0.15, 0.2) is 17.9 Å². The Labute approximate surface area is 84.4 Å². The molecule has 0 aromatic rings. The SMILES string of the molecule is C#CC(OC(C)=O)C(=C=C)COCC. The number of carbonyl (C=O) groups is 1. The molecule has 0 radical (unpaired) electrons. The molecular formula is C11H14O3. The number of hydrogen-bond donors (Lipinski definition) is 0. The van der Waals surface area contributed by atoms with Crippen LogP contribution in [0.4, 0.5) is 0 Å². The summed E-state index contributed by atoms with van der Waals surface area (Å²) < 4.78 is 9.98. The molecule has 0 heterocycles. The highest BCUT2D eigenvalue weighted by atomic mass is 16.5. The molecule has 76 valence electrons. The van der Waals surface area contributed by atoms with Gasteiger partial charge in [-0.15, -0.1) is 12.2 Å². The van der Waals surface area contributed by atoms with E-state index in [2.05, 4.69) is 18.2 Å². The second-order valence-corrected chi connectivity index (χ2v) is 2.50. The minimum absolute atomic E-state index is 0.280. The lowest BCUT2D eigenvalue weighted by molar-refractivity contribution is -0.142. The highest BCUT2D eigenvalue weighted by molar-refractivity contribution is 5.67. The molecule has 0 rings (SSSR count). The molecule has 0 aromatic carbocycles. The summed E-state index contributed by atoms with van der Waals surface area (Å²) in [4.78, 5) is 10.7. The van der Waals surface area contributed by atoms with E-state index in [1.165, 1.54) is 6.92 Å². The van der Waals surface area contributed by atoms with Gasteiger partial charge in [-0.1, -0.05) is 12.5 Å². The van der Waals surface area contributed by atoms with Crippen molar-refractivity contribution in [2.45, 2.75) is 20.0 Å². The van der Waals surface area contributed by atoms with Crippen LogP contribution in [0, 0.1) is 12.3 Å². The molecule has 3 heteroatoms. The van der Waals surface area contributed by atoms with Crippen LogP contribution in [0.5, 0.6) is 0 Å². The maximum absolute atomic E-state index is 10.7. The Morgan fingerprint density at radius 2 is 2.29 bits per heavy atom. The molecule has 0 aromatic heterocycles. The third-order valence-corrected chi connectivity index (χ3v) is 1.44. The van der Waals surface area contributed by atoms with Crippen LogP contribution in [-0.2, 0) is 14.3 Å². The number of hydrogen-bond acceptors (Lipinski definition) is 3. The van der Waals surface area contributed by atoms with Gasteiger partial charge in [0.2, 0.25) is 0 Å². The molecule has 0 aliphatic heterocycles. The summed E-state index contributed by atoms with van der Waals surface area (Å²) in [6.45, 7) is 7.46. The van der Waals surface area contributed by atoms with Crippen molar-refractivity contribution in [3.05, 3.63) is 17.9 Å². The van der Waals surface area contributed by atoms with Crippen LogP contribution in [0.25, 0.3) is 0 Å². The Morgan fingerprint density at radius 3 is 2.64 bits per heavy atom. The van der Waals surface area contributed by atoms with Gasteiger partial charge >= 0.3 is 5.97 Å². The van der Waals surface area contributed by atoms with Crippen molar-refractivity contribution in [3.63, 3.8) is 0 Å². The molecule has 0 fully saturated rings. The third kappa shape index (κ3) is 4.51. The quantitative estimate of drug-likeness (QED) is 0.376. The van der Waals surface area contributed by atoms with Gasteiger partial charge < -0.3 is 9.47 Å². The Bertz CT molecular complexity index is 279. The van der Waals surface area contributed by atoms with Crippen LogP contribution < -0.4 is 0 Å². The topological polar surface area (TPSA) is 35.5 Å². The number of terminal acetylenes is 1. The van der Waals surface area contributed by atoms with Crippen LogP contribution in [0.3, 0.4) is 0 Å². The van der Waals surface area contributed by atoms with E-state index in [1.54, 1.807) is 0 Å². The molecule has 0 amide bonds. The van der Waals surface area contributed by atoms with Gasteiger partial charge in [0.05, 0.1) is 6.61 Å². The fraction of sp³-hybridized carbons (Fsp3) is 0.455. The van der Waals surface area contributed by atoms with E-state index in [1.807, 2.05) is 6.92 Å². The van der Waals surface area contributed by atoms with E-state index >= 15 is 0 Å². The van der Waals surface area contributed by atoms with Gasteiger partial charge in [0, 0.05) is 19.1 Å². The minimum Gasteiger partial charge on any atom is -0.444 e. The molecule has 0 bridgehead atoms. The maximum Gasteiger partial charge on any atom is 0.304 e. The van der Waals surface area contributed by atoms with Crippen molar-refractivity contribution >= 4 is 5.97 Å². The van der Waals surface area contributed by atoms with Crippen LogP contribution in [0.1, 0.15) is 13.8 Å². The van der Waals surface area contributed by atoms with E-state index in [4.69, 9.17) is 15.9 Å². The summed E-state index contributed by atoms with van der Waals surface area (Å²) >= 11 is 0. The van der Waals surface area contributed by atoms with Gasteiger partial charge in [-0.25, -0.2) is 0 Å². The van der Waals surface area contributed by atoms with Gasteiger partial charge in [-0.05, 0) is 6.92 Å². The zero-order valence-corrected chi connectivity index (χ0v) is 8.50. The molecular weight excluding hydrogens is 180 g/mol. The van der Waals surface area contributed by atoms with Crippen LogP contribution in [-0.4, -0.2) is 25.3 Å². The number of rotatable bonds is 5. The van der Waals surface area contributed by atoms with Crippen molar-refractivity contribution in [3.8, 4) is 12.3 Å². The van der Waals surface area contributed by atoms with Crippen molar-refractivity contribution < 1.29 is 14.3 Å². The zero-order chi connectivity index (χ0) is 11.0. The fourth-order valence-corrected chi connectivity index (χ4v) is 0.803. The summed E-state index contributed by atoms with van der Waals surface area (Å²) in [7, 11) is 0. The fourth-order valence-electron chi connectivity index (χ4n) is 0.803. The molecule has 14 heavy (non-hydrogen) atoms. The van der Waals surface area contributed by atoms with E-state index < -0.39 is 12.1 Å². The van der Waals surface area contributed by atoms with E-state index in [0.29, 0.717) is 12.2 Å². The Hall–Kier alpha value is -1.49. The molecule has 1 atom stereocenters. The van der Waals surface area contributed by atoms with Gasteiger partial charge in [0.25, 0.3) is 0 Å². The second-order valence-electron chi connectivity index (χ2n) is 2.50. The second kappa shape index (κ2) is 6.97. The van der Waals surface area contributed by atoms with Gasteiger partial charge in [-0.2, -0.15) is 0 Å². The Kier molecular flexibility index (Phi) is 6.22. The normalized spacial score (nSPS) is 10.9. The Balaban J connectivity index is 4.41. The predicted molar refractivity (Wildman–Crippen MR) is 53.5 cm³/mol. The van der Waals surface area contributed by atoms with Crippen molar-refractivity contribution in [1.82, 2.24) is 0 Å². The van der Waals surface area contributed by atoms with Crippen LogP contribution in [0.2, 0.25) is 0 Å². The maximum atomic E-state index is 10.7. The number of ether oxygens (including phenoxy) is 2. The first-order chi connectivity index (χ1) is 6.65. The smallest absolute Gasteiger partial charge is 0.304 e. The van der Waals surface area contributed by atoms with Crippen molar-refractivity contribution in [2.24, 2.45) is 0 Å². The largest absolute Gasteiger partial charge is 0.444 e. The van der Waals surface area contributed by atoms with Gasteiger partial charge in [0.1, 0.15) is 0 Å². The van der Waals surface area contributed by atoms with E-state index in [-0.39, 0.29) is 6.61 Å². The molecule has 0 N–H and O–H groups in total. The molecule has 0 aliphatic carbocycles. The van der Waals surface area contributed by atoms with E-state index in [0.717, 1.165) is 0 Å². The zero-order valence-electron chi connectivity index (χ0n) is 8.50. The standard InChI is InChI=1S/C11H14O3/c1-5-10(8-13-7-3)11(6-2)14-9(4)12/h2,11H,1,7-8H2,3-4H3. The highest BCUT2D eigenvalue weighted by Gasteiger charge is 2.13. The molecule has 1 unspecified atom stereocenters. The lowest BCUT2D eigenvalue weighted by atomic mass is 10.2. The molecule has 0 saturated heterocycles. The Morgan fingerprint density at radius 1 is 1.64 bits per heavy atom. The monoisotopic (exact) mass is 194 g/mol. The average molecular weight is 194 g/mol. The lowest BCUT2D eigenvalue weighted by Crippen LogP contribution is -2.19. The summed E-state index contributed by atoms with van der Waals surface area (Å²) in [5, 5.41) is 0.